The maximum atomic E-state index is 13.0. The maximum absolute atomic E-state index is 13.0. The molecular formula is C21H21F3N4O4. The SMILES string of the molecule is O=C(C1CC1)N1C[C@@H]2[C@H](C1)n1cccc1C(=O)N2Cc1cccnc1.O=C(O)C(F)(F)F. The van der Waals surface area contributed by atoms with Crippen LogP contribution in [0, 0.1) is 5.92 Å². The first-order valence-electron chi connectivity index (χ1n) is 10.1. The van der Waals surface area contributed by atoms with Crippen LogP contribution in [0.25, 0.3) is 0 Å². The van der Waals surface area contributed by atoms with Crippen molar-refractivity contribution in [1.29, 1.82) is 0 Å². The molecule has 4 heterocycles. The van der Waals surface area contributed by atoms with Crippen molar-refractivity contribution in [3.05, 3.63) is 54.1 Å². The number of carbonyl (C=O) groups is 3. The van der Waals surface area contributed by atoms with E-state index < -0.39 is 12.1 Å². The van der Waals surface area contributed by atoms with Crippen LogP contribution in [0.5, 0.6) is 0 Å². The standard InChI is InChI=1S/C19H20N4O2.C2HF3O2/c24-18(14-5-6-14)21-11-16-17(12-21)23(10-13-3-1-7-20-9-13)19(25)15-4-2-8-22(15)16;3-2(4,5)1(6)7/h1-4,7-9,14,16-17H,5-6,10-12H2;(H,6,7)/t16-,17+;/m0./s1. The van der Waals surface area contributed by atoms with E-state index >= 15 is 0 Å². The summed E-state index contributed by atoms with van der Waals surface area (Å²) >= 11 is 0. The third-order valence-electron chi connectivity index (χ3n) is 5.83. The van der Waals surface area contributed by atoms with Gasteiger partial charge in [0.2, 0.25) is 5.91 Å². The monoisotopic (exact) mass is 450 g/mol. The molecule has 2 amide bonds. The molecule has 170 valence electrons. The molecule has 2 atom stereocenters. The first-order valence-corrected chi connectivity index (χ1v) is 10.1. The summed E-state index contributed by atoms with van der Waals surface area (Å²) in [5.41, 5.74) is 1.73. The Balaban J connectivity index is 0.000000307. The molecule has 5 rings (SSSR count). The van der Waals surface area contributed by atoms with E-state index in [1.165, 1.54) is 0 Å². The normalized spacial score (nSPS) is 22.0. The molecule has 0 spiro atoms. The topological polar surface area (TPSA) is 95.7 Å². The summed E-state index contributed by atoms with van der Waals surface area (Å²) in [6.45, 7) is 1.85. The number of fused-ring (bicyclic) bond motifs is 3. The lowest BCUT2D eigenvalue weighted by Crippen LogP contribution is -2.49. The number of carboxylic acid groups (broad SMARTS) is 1. The zero-order valence-corrected chi connectivity index (χ0v) is 16.9. The summed E-state index contributed by atoms with van der Waals surface area (Å²) in [4.78, 5) is 42.5. The van der Waals surface area contributed by atoms with Crippen LogP contribution in [-0.4, -0.2) is 67.5 Å². The van der Waals surface area contributed by atoms with E-state index in [1.54, 1.807) is 12.4 Å². The molecule has 3 aliphatic rings. The van der Waals surface area contributed by atoms with Gasteiger partial charge >= 0.3 is 12.1 Å². The summed E-state index contributed by atoms with van der Waals surface area (Å²) < 4.78 is 33.8. The van der Waals surface area contributed by atoms with Crippen LogP contribution in [-0.2, 0) is 16.1 Å². The third-order valence-corrected chi connectivity index (χ3v) is 5.83. The Morgan fingerprint density at radius 3 is 2.41 bits per heavy atom. The van der Waals surface area contributed by atoms with Crippen molar-refractivity contribution in [3.8, 4) is 0 Å². The molecule has 32 heavy (non-hydrogen) atoms. The van der Waals surface area contributed by atoms with Crippen molar-refractivity contribution >= 4 is 17.8 Å². The second-order valence-corrected chi connectivity index (χ2v) is 8.05. The van der Waals surface area contributed by atoms with E-state index in [2.05, 4.69) is 9.55 Å². The van der Waals surface area contributed by atoms with Crippen LogP contribution >= 0.6 is 0 Å². The van der Waals surface area contributed by atoms with E-state index in [1.807, 2.05) is 40.3 Å². The number of likely N-dealkylation sites (tertiary alicyclic amines) is 1. The fraction of sp³-hybridized carbons (Fsp3) is 0.429. The number of amides is 2. The van der Waals surface area contributed by atoms with Gasteiger partial charge in [0, 0.05) is 44.1 Å². The van der Waals surface area contributed by atoms with Crippen LogP contribution in [0.4, 0.5) is 13.2 Å². The summed E-state index contributed by atoms with van der Waals surface area (Å²) in [6, 6.07) is 7.84. The number of aromatic nitrogens is 2. The Bertz CT molecular complexity index is 1020. The lowest BCUT2D eigenvalue weighted by Gasteiger charge is -2.38. The highest BCUT2D eigenvalue weighted by atomic mass is 19.4. The minimum atomic E-state index is -5.08. The molecule has 0 bridgehead atoms. The van der Waals surface area contributed by atoms with Gasteiger partial charge in [-0.25, -0.2) is 4.79 Å². The Kier molecular flexibility index (Phi) is 5.66. The molecule has 1 aliphatic carbocycles. The molecule has 2 aromatic rings. The van der Waals surface area contributed by atoms with Gasteiger partial charge in [-0.3, -0.25) is 14.6 Å². The molecule has 2 fully saturated rings. The largest absolute Gasteiger partial charge is 0.490 e. The average Bonchev–Trinajstić information content (AvgIpc) is 3.31. The fourth-order valence-corrected chi connectivity index (χ4v) is 4.16. The molecule has 2 aromatic heterocycles. The molecule has 1 saturated heterocycles. The van der Waals surface area contributed by atoms with Crippen molar-refractivity contribution in [2.45, 2.75) is 37.6 Å². The smallest absolute Gasteiger partial charge is 0.475 e. The second kappa shape index (κ2) is 8.29. The molecule has 2 aliphatic heterocycles. The van der Waals surface area contributed by atoms with E-state index in [-0.39, 0.29) is 29.8 Å². The van der Waals surface area contributed by atoms with Crippen molar-refractivity contribution < 1.29 is 32.7 Å². The zero-order chi connectivity index (χ0) is 23.0. The van der Waals surface area contributed by atoms with E-state index in [0.717, 1.165) is 18.4 Å². The molecule has 0 radical (unpaired) electrons. The number of hydrogen-bond acceptors (Lipinski definition) is 4. The quantitative estimate of drug-likeness (QED) is 0.775. The third kappa shape index (κ3) is 4.32. The molecule has 0 unspecified atom stereocenters. The Labute approximate surface area is 181 Å². The molecule has 11 heteroatoms. The maximum Gasteiger partial charge on any atom is 0.490 e. The fourth-order valence-electron chi connectivity index (χ4n) is 4.16. The van der Waals surface area contributed by atoms with Crippen LogP contribution in [0.3, 0.4) is 0 Å². The Morgan fingerprint density at radius 2 is 1.81 bits per heavy atom. The first kappa shape index (κ1) is 21.8. The molecule has 1 N–H and O–H groups in total. The van der Waals surface area contributed by atoms with Gasteiger partial charge in [0.25, 0.3) is 5.91 Å². The van der Waals surface area contributed by atoms with Gasteiger partial charge in [0.15, 0.2) is 0 Å². The van der Waals surface area contributed by atoms with Gasteiger partial charge in [-0.15, -0.1) is 0 Å². The van der Waals surface area contributed by atoms with Gasteiger partial charge in [-0.05, 0) is 36.6 Å². The molecule has 0 aromatic carbocycles. The number of pyridine rings is 1. The zero-order valence-electron chi connectivity index (χ0n) is 16.9. The predicted molar refractivity (Wildman–Crippen MR) is 104 cm³/mol. The Morgan fingerprint density at radius 1 is 1.12 bits per heavy atom. The van der Waals surface area contributed by atoms with Crippen LogP contribution < -0.4 is 0 Å². The summed E-state index contributed by atoms with van der Waals surface area (Å²) in [5.74, 6) is -2.24. The van der Waals surface area contributed by atoms with Gasteiger partial charge in [0.1, 0.15) is 5.69 Å². The van der Waals surface area contributed by atoms with E-state index in [9.17, 15) is 22.8 Å². The minimum absolute atomic E-state index is 0.0234. The number of halogens is 3. The van der Waals surface area contributed by atoms with Crippen LogP contribution in [0.1, 0.15) is 34.9 Å². The molecule has 1 saturated carbocycles. The summed E-state index contributed by atoms with van der Waals surface area (Å²) in [6.07, 6.45) is 2.45. The first-order chi connectivity index (χ1) is 15.2. The summed E-state index contributed by atoms with van der Waals surface area (Å²) in [5, 5.41) is 7.12. The summed E-state index contributed by atoms with van der Waals surface area (Å²) in [7, 11) is 0. The van der Waals surface area contributed by atoms with Crippen molar-refractivity contribution in [2.75, 3.05) is 13.1 Å². The number of nitrogens with zero attached hydrogens (tertiary/aromatic N) is 4. The van der Waals surface area contributed by atoms with E-state index in [4.69, 9.17) is 9.90 Å². The molecular weight excluding hydrogens is 429 g/mol. The van der Waals surface area contributed by atoms with Crippen molar-refractivity contribution in [1.82, 2.24) is 19.4 Å². The average molecular weight is 450 g/mol. The van der Waals surface area contributed by atoms with Gasteiger partial charge in [-0.2, -0.15) is 13.2 Å². The number of aliphatic carboxylic acids is 1. The number of alkyl halides is 3. The number of carbonyl (C=O) groups excluding carboxylic acids is 2. The highest BCUT2D eigenvalue weighted by Crippen LogP contribution is 2.38. The lowest BCUT2D eigenvalue weighted by atomic mass is 10.0. The number of hydrogen-bond donors (Lipinski definition) is 1. The Hall–Kier alpha value is -3.37. The molecule has 8 nitrogen and oxygen atoms in total. The highest BCUT2D eigenvalue weighted by Gasteiger charge is 2.48. The van der Waals surface area contributed by atoms with Crippen LogP contribution in [0.15, 0.2) is 42.9 Å². The van der Waals surface area contributed by atoms with Crippen molar-refractivity contribution in [2.24, 2.45) is 5.92 Å². The number of carboxylic acids is 1. The van der Waals surface area contributed by atoms with Gasteiger partial charge < -0.3 is 19.5 Å². The van der Waals surface area contributed by atoms with Crippen LogP contribution in [0.2, 0.25) is 0 Å². The highest BCUT2D eigenvalue weighted by molar-refractivity contribution is 5.94. The van der Waals surface area contributed by atoms with E-state index in [0.29, 0.717) is 25.3 Å². The van der Waals surface area contributed by atoms with Gasteiger partial charge in [-0.1, -0.05) is 6.07 Å². The second-order valence-electron chi connectivity index (χ2n) is 8.05. The van der Waals surface area contributed by atoms with Crippen molar-refractivity contribution in [3.63, 3.8) is 0 Å². The van der Waals surface area contributed by atoms with Gasteiger partial charge in [0.05, 0.1) is 12.1 Å². The number of rotatable bonds is 3. The minimum Gasteiger partial charge on any atom is -0.475 e. The predicted octanol–water partition coefficient (Wildman–Crippen LogP) is 2.33. The lowest BCUT2D eigenvalue weighted by molar-refractivity contribution is -0.192.